The highest BCUT2D eigenvalue weighted by atomic mass is 28.4. The van der Waals surface area contributed by atoms with Gasteiger partial charge in [0.2, 0.25) is 0 Å². The van der Waals surface area contributed by atoms with Crippen LogP contribution in [0.4, 0.5) is 0 Å². The van der Waals surface area contributed by atoms with Crippen LogP contribution >= 0.6 is 0 Å². The minimum absolute atomic E-state index is 0.602. The first-order valence-electron chi connectivity index (χ1n) is 10.8. The molecule has 3 rings (SSSR count). The molecular weight excluding hydrogens is 392 g/mol. The number of aromatic nitrogens is 2. The van der Waals surface area contributed by atoms with Gasteiger partial charge in [-0.3, -0.25) is 0 Å². The van der Waals surface area contributed by atoms with Crippen molar-refractivity contribution in [2.75, 3.05) is 19.8 Å². The minimum atomic E-state index is -2.64. The van der Waals surface area contributed by atoms with E-state index >= 15 is 0 Å². The van der Waals surface area contributed by atoms with Crippen molar-refractivity contribution in [2.24, 2.45) is 0 Å². The number of imidazole rings is 1. The second kappa shape index (κ2) is 11.2. The third-order valence-corrected chi connectivity index (χ3v) is 8.06. The predicted molar refractivity (Wildman–Crippen MR) is 123 cm³/mol. The van der Waals surface area contributed by atoms with Gasteiger partial charge >= 0.3 is 8.80 Å². The maximum absolute atomic E-state index is 6.01. The Hall–Kier alpha value is -2.25. The summed E-state index contributed by atoms with van der Waals surface area (Å²) in [5.74, 6) is 0. The van der Waals surface area contributed by atoms with E-state index in [-0.39, 0.29) is 0 Å². The Balaban J connectivity index is 1.85. The lowest BCUT2D eigenvalue weighted by Gasteiger charge is -2.28. The summed E-state index contributed by atoms with van der Waals surface area (Å²) in [6, 6.07) is 21.6. The molecule has 0 spiro atoms. The average molecular weight is 425 g/mol. The highest BCUT2D eigenvalue weighted by Crippen LogP contribution is 2.31. The van der Waals surface area contributed by atoms with E-state index in [1.54, 1.807) is 0 Å². The Morgan fingerprint density at radius 3 is 1.83 bits per heavy atom. The Bertz CT molecular complexity index is 867. The van der Waals surface area contributed by atoms with Crippen LogP contribution in [0.3, 0.4) is 0 Å². The molecule has 0 aliphatic heterocycles. The van der Waals surface area contributed by atoms with Gasteiger partial charge in [0, 0.05) is 43.5 Å². The standard InChI is InChI=1S/C24H32N2O3Si/c1-4-27-30(28-5-2,29-6-3)19-13-18-26-20-25-23(21-14-9-7-10-15-21)24(26)22-16-11-8-12-17-22/h7-12,14-17,20H,4-6,13,18-19H2,1-3H3. The lowest BCUT2D eigenvalue weighted by Crippen LogP contribution is -2.46. The molecule has 3 aromatic rings. The van der Waals surface area contributed by atoms with Crippen LogP contribution in [-0.2, 0) is 19.8 Å². The van der Waals surface area contributed by atoms with Crippen LogP contribution in [0.1, 0.15) is 27.2 Å². The van der Waals surface area contributed by atoms with E-state index < -0.39 is 8.80 Å². The van der Waals surface area contributed by atoms with Crippen LogP contribution in [0.5, 0.6) is 0 Å². The van der Waals surface area contributed by atoms with Crippen molar-refractivity contribution in [1.29, 1.82) is 0 Å². The number of hydrogen-bond donors (Lipinski definition) is 0. The van der Waals surface area contributed by atoms with Crippen molar-refractivity contribution in [2.45, 2.75) is 39.8 Å². The number of hydrogen-bond acceptors (Lipinski definition) is 4. The SMILES string of the molecule is CCO[Si](CCCn1cnc(-c2ccccc2)c1-c1ccccc1)(OCC)OCC. The molecule has 0 saturated carbocycles. The fourth-order valence-electron chi connectivity index (χ4n) is 3.72. The molecule has 0 fully saturated rings. The van der Waals surface area contributed by atoms with Crippen molar-refractivity contribution in [3.8, 4) is 22.5 Å². The highest BCUT2D eigenvalue weighted by Gasteiger charge is 2.39. The Morgan fingerprint density at radius 2 is 1.30 bits per heavy atom. The molecule has 0 unspecified atom stereocenters. The molecule has 1 aromatic heterocycles. The van der Waals surface area contributed by atoms with E-state index in [4.69, 9.17) is 18.3 Å². The zero-order valence-corrected chi connectivity index (χ0v) is 19.2. The average Bonchev–Trinajstić information content (AvgIpc) is 3.19. The summed E-state index contributed by atoms with van der Waals surface area (Å²) in [5.41, 5.74) is 4.43. The van der Waals surface area contributed by atoms with Crippen molar-refractivity contribution < 1.29 is 13.3 Å². The number of benzene rings is 2. The molecule has 0 aliphatic carbocycles. The molecule has 0 radical (unpaired) electrons. The quantitative estimate of drug-likeness (QED) is 0.352. The third kappa shape index (κ3) is 5.46. The molecule has 0 saturated heterocycles. The van der Waals surface area contributed by atoms with Crippen LogP contribution in [0.15, 0.2) is 67.0 Å². The Labute approximate surface area is 181 Å². The summed E-state index contributed by atoms with van der Waals surface area (Å²) < 4.78 is 20.3. The second-order valence-corrected chi connectivity index (χ2v) is 9.68. The van der Waals surface area contributed by atoms with Crippen LogP contribution in [-0.4, -0.2) is 38.2 Å². The van der Waals surface area contributed by atoms with Gasteiger partial charge in [0.05, 0.1) is 17.7 Å². The normalized spacial score (nSPS) is 11.7. The first kappa shape index (κ1) is 22.4. The third-order valence-electron chi connectivity index (χ3n) is 4.91. The molecule has 0 bridgehead atoms. The molecule has 0 amide bonds. The topological polar surface area (TPSA) is 45.5 Å². The molecule has 0 atom stereocenters. The number of nitrogens with zero attached hydrogens (tertiary/aromatic N) is 2. The van der Waals surface area contributed by atoms with Crippen molar-refractivity contribution in [1.82, 2.24) is 9.55 Å². The van der Waals surface area contributed by atoms with E-state index in [9.17, 15) is 0 Å². The summed E-state index contributed by atoms with van der Waals surface area (Å²) in [6.07, 6.45) is 2.84. The molecular formula is C24H32N2O3Si. The fourth-order valence-corrected chi connectivity index (χ4v) is 6.32. The van der Waals surface area contributed by atoms with Crippen LogP contribution in [0, 0.1) is 0 Å². The van der Waals surface area contributed by atoms with Gasteiger partial charge < -0.3 is 17.8 Å². The van der Waals surface area contributed by atoms with Gasteiger partial charge in [0.25, 0.3) is 0 Å². The minimum Gasteiger partial charge on any atom is -0.374 e. The van der Waals surface area contributed by atoms with Crippen LogP contribution in [0.2, 0.25) is 6.04 Å². The number of aryl methyl sites for hydroxylation is 1. The zero-order chi connectivity index (χ0) is 21.2. The smallest absolute Gasteiger partial charge is 0.374 e. The summed E-state index contributed by atoms with van der Waals surface area (Å²) >= 11 is 0. The van der Waals surface area contributed by atoms with Crippen molar-refractivity contribution >= 4 is 8.80 Å². The highest BCUT2D eigenvalue weighted by molar-refractivity contribution is 6.60. The van der Waals surface area contributed by atoms with E-state index in [1.807, 2.05) is 39.2 Å². The summed E-state index contributed by atoms with van der Waals surface area (Å²) in [7, 11) is -2.64. The maximum Gasteiger partial charge on any atom is 0.500 e. The molecule has 0 aliphatic rings. The first-order chi connectivity index (χ1) is 14.7. The van der Waals surface area contributed by atoms with Gasteiger partial charge in [-0.05, 0) is 27.2 Å². The Kier molecular flexibility index (Phi) is 8.39. The molecule has 160 valence electrons. The van der Waals surface area contributed by atoms with Gasteiger partial charge in [-0.2, -0.15) is 0 Å². The molecule has 0 N–H and O–H groups in total. The van der Waals surface area contributed by atoms with E-state index in [2.05, 4.69) is 53.1 Å². The Morgan fingerprint density at radius 1 is 0.767 bits per heavy atom. The van der Waals surface area contributed by atoms with Crippen LogP contribution in [0.25, 0.3) is 22.5 Å². The summed E-state index contributed by atoms with van der Waals surface area (Å²) in [4.78, 5) is 4.77. The van der Waals surface area contributed by atoms with E-state index in [1.165, 1.54) is 0 Å². The van der Waals surface area contributed by atoms with Gasteiger partial charge in [-0.15, -0.1) is 0 Å². The van der Waals surface area contributed by atoms with Crippen molar-refractivity contribution in [3.05, 3.63) is 67.0 Å². The molecule has 1 heterocycles. The molecule has 2 aromatic carbocycles. The summed E-state index contributed by atoms with van der Waals surface area (Å²) in [6.45, 7) is 8.62. The lowest BCUT2D eigenvalue weighted by molar-refractivity contribution is 0.0705. The number of rotatable bonds is 12. The van der Waals surface area contributed by atoms with E-state index in [0.717, 1.165) is 41.5 Å². The fraction of sp³-hybridized carbons (Fsp3) is 0.375. The molecule has 6 heteroatoms. The molecule has 5 nitrogen and oxygen atoms in total. The predicted octanol–water partition coefficient (Wildman–Crippen LogP) is 5.66. The second-order valence-electron chi connectivity index (χ2n) is 6.95. The largest absolute Gasteiger partial charge is 0.500 e. The maximum atomic E-state index is 6.01. The van der Waals surface area contributed by atoms with E-state index in [0.29, 0.717) is 19.8 Å². The van der Waals surface area contributed by atoms with Gasteiger partial charge in [-0.25, -0.2) is 4.98 Å². The van der Waals surface area contributed by atoms with Gasteiger partial charge in [0.1, 0.15) is 0 Å². The zero-order valence-electron chi connectivity index (χ0n) is 18.2. The van der Waals surface area contributed by atoms with Gasteiger partial charge in [0.15, 0.2) is 0 Å². The van der Waals surface area contributed by atoms with Crippen molar-refractivity contribution in [3.63, 3.8) is 0 Å². The monoisotopic (exact) mass is 424 g/mol. The summed E-state index contributed by atoms with van der Waals surface area (Å²) in [5, 5.41) is 0. The lowest BCUT2D eigenvalue weighted by atomic mass is 10.0. The molecule has 30 heavy (non-hydrogen) atoms. The van der Waals surface area contributed by atoms with Gasteiger partial charge in [-0.1, -0.05) is 60.7 Å². The van der Waals surface area contributed by atoms with Crippen LogP contribution < -0.4 is 0 Å². The first-order valence-corrected chi connectivity index (χ1v) is 12.7.